The Labute approximate surface area is 133 Å². The fraction of sp³-hybridized carbons (Fsp3) is 0.438. The van der Waals surface area contributed by atoms with Gasteiger partial charge in [-0.05, 0) is 39.3 Å². The van der Waals surface area contributed by atoms with Gasteiger partial charge in [0.1, 0.15) is 0 Å². The molecule has 0 spiro atoms. The van der Waals surface area contributed by atoms with Gasteiger partial charge in [-0.25, -0.2) is 14.5 Å². The maximum Gasteiger partial charge on any atom is 0.155 e. The van der Waals surface area contributed by atoms with Crippen LogP contribution in [0.4, 0.5) is 0 Å². The van der Waals surface area contributed by atoms with E-state index in [1.807, 2.05) is 29.2 Å². The number of aromatic nitrogens is 4. The summed E-state index contributed by atoms with van der Waals surface area (Å²) in [7, 11) is 0. The first-order chi connectivity index (χ1) is 10.7. The third-order valence-corrected chi connectivity index (χ3v) is 5.29. The number of hydrogen-bond acceptors (Lipinski definition) is 5. The number of likely N-dealkylation sites (tertiary alicyclic amines) is 1. The molecule has 1 unspecified atom stereocenters. The summed E-state index contributed by atoms with van der Waals surface area (Å²) in [6.45, 7) is 6.32. The van der Waals surface area contributed by atoms with Crippen LogP contribution in [0.25, 0.3) is 5.65 Å². The molecule has 1 aliphatic rings. The summed E-state index contributed by atoms with van der Waals surface area (Å²) < 4.78 is 2.01. The molecular formula is C16H19N5S. The monoisotopic (exact) mass is 313 g/mol. The van der Waals surface area contributed by atoms with Crippen LogP contribution < -0.4 is 0 Å². The van der Waals surface area contributed by atoms with Gasteiger partial charge in [-0.15, -0.1) is 11.3 Å². The number of thiazole rings is 1. The van der Waals surface area contributed by atoms with Crippen LogP contribution in [-0.4, -0.2) is 31.0 Å². The molecule has 0 aromatic carbocycles. The fourth-order valence-corrected chi connectivity index (χ4v) is 4.04. The highest BCUT2D eigenvalue weighted by molar-refractivity contribution is 7.07. The molecule has 4 heterocycles. The van der Waals surface area contributed by atoms with E-state index in [-0.39, 0.29) is 5.54 Å². The molecule has 1 atom stereocenters. The van der Waals surface area contributed by atoms with E-state index in [0.29, 0.717) is 0 Å². The Balaban J connectivity index is 1.77. The van der Waals surface area contributed by atoms with Gasteiger partial charge in [-0.3, -0.25) is 4.90 Å². The van der Waals surface area contributed by atoms with Crippen molar-refractivity contribution >= 4 is 17.0 Å². The van der Waals surface area contributed by atoms with Gasteiger partial charge in [0.25, 0.3) is 0 Å². The van der Waals surface area contributed by atoms with Crippen molar-refractivity contribution in [3.63, 3.8) is 0 Å². The minimum absolute atomic E-state index is 0.0245. The van der Waals surface area contributed by atoms with Crippen LogP contribution in [0.3, 0.4) is 0 Å². The minimum atomic E-state index is -0.0245. The van der Waals surface area contributed by atoms with Crippen molar-refractivity contribution in [2.75, 3.05) is 6.54 Å². The summed E-state index contributed by atoms with van der Waals surface area (Å²) in [5.74, 6) is 0. The molecule has 0 amide bonds. The number of fused-ring (bicyclic) bond motifs is 1. The predicted molar refractivity (Wildman–Crippen MR) is 86.8 cm³/mol. The van der Waals surface area contributed by atoms with Crippen LogP contribution in [0.15, 0.2) is 29.2 Å². The molecule has 0 saturated carbocycles. The van der Waals surface area contributed by atoms with E-state index in [1.165, 1.54) is 12.1 Å². The van der Waals surface area contributed by atoms with Crippen molar-refractivity contribution in [2.45, 2.75) is 38.8 Å². The smallest absolute Gasteiger partial charge is 0.155 e. The second-order valence-electron chi connectivity index (χ2n) is 6.16. The summed E-state index contributed by atoms with van der Waals surface area (Å²) in [6.07, 6.45) is 4.23. The summed E-state index contributed by atoms with van der Waals surface area (Å²) >= 11 is 1.66. The molecule has 3 aromatic heterocycles. The molecule has 22 heavy (non-hydrogen) atoms. The molecule has 4 rings (SSSR count). The van der Waals surface area contributed by atoms with Gasteiger partial charge in [0.15, 0.2) is 5.65 Å². The van der Waals surface area contributed by atoms with Gasteiger partial charge in [0.05, 0.1) is 28.1 Å². The van der Waals surface area contributed by atoms with Gasteiger partial charge >= 0.3 is 0 Å². The molecule has 6 heteroatoms. The molecule has 5 nitrogen and oxygen atoms in total. The Morgan fingerprint density at radius 1 is 1.36 bits per heavy atom. The fourth-order valence-electron chi connectivity index (χ4n) is 3.49. The highest BCUT2D eigenvalue weighted by Gasteiger charge is 2.40. The average molecular weight is 313 g/mol. The van der Waals surface area contributed by atoms with Gasteiger partial charge in [-0.2, -0.15) is 5.10 Å². The van der Waals surface area contributed by atoms with Gasteiger partial charge in [0, 0.05) is 24.2 Å². The molecule has 114 valence electrons. The molecule has 0 bridgehead atoms. The molecule has 1 aliphatic heterocycles. The maximum absolute atomic E-state index is 4.65. The molecule has 0 radical (unpaired) electrons. The topological polar surface area (TPSA) is 46.3 Å². The zero-order valence-corrected chi connectivity index (χ0v) is 13.7. The van der Waals surface area contributed by atoms with E-state index in [4.69, 9.17) is 0 Å². The molecule has 1 saturated heterocycles. The van der Waals surface area contributed by atoms with Gasteiger partial charge in [-0.1, -0.05) is 0 Å². The van der Waals surface area contributed by atoms with Crippen molar-refractivity contribution in [3.05, 3.63) is 46.3 Å². The largest absolute Gasteiger partial charge is 0.287 e. The van der Waals surface area contributed by atoms with E-state index >= 15 is 0 Å². The average Bonchev–Trinajstić information content (AvgIpc) is 3.20. The van der Waals surface area contributed by atoms with Crippen molar-refractivity contribution in [1.82, 2.24) is 24.5 Å². The third-order valence-electron chi connectivity index (χ3n) is 4.66. The number of hydrogen-bond donors (Lipinski definition) is 0. The summed E-state index contributed by atoms with van der Waals surface area (Å²) in [5.41, 5.74) is 6.19. The van der Waals surface area contributed by atoms with Crippen LogP contribution in [0.5, 0.6) is 0 Å². The van der Waals surface area contributed by atoms with Crippen molar-refractivity contribution in [1.29, 1.82) is 0 Å². The van der Waals surface area contributed by atoms with Crippen LogP contribution in [0.2, 0.25) is 0 Å². The van der Waals surface area contributed by atoms with Crippen molar-refractivity contribution in [3.8, 4) is 0 Å². The van der Waals surface area contributed by atoms with E-state index < -0.39 is 0 Å². The van der Waals surface area contributed by atoms with Gasteiger partial charge in [0.2, 0.25) is 0 Å². The molecule has 3 aromatic rings. The van der Waals surface area contributed by atoms with Crippen LogP contribution in [-0.2, 0) is 12.1 Å². The minimum Gasteiger partial charge on any atom is -0.287 e. The van der Waals surface area contributed by atoms with Crippen LogP contribution in [0, 0.1) is 6.92 Å². The Morgan fingerprint density at radius 2 is 2.27 bits per heavy atom. The highest BCUT2D eigenvalue weighted by atomic mass is 32.1. The second kappa shape index (κ2) is 5.14. The molecule has 1 fully saturated rings. The normalized spacial score (nSPS) is 22.6. The van der Waals surface area contributed by atoms with E-state index in [9.17, 15) is 0 Å². The lowest BCUT2D eigenvalue weighted by molar-refractivity contribution is 0.138. The van der Waals surface area contributed by atoms with E-state index in [0.717, 1.165) is 36.5 Å². The zero-order valence-electron chi connectivity index (χ0n) is 12.9. The van der Waals surface area contributed by atoms with Gasteiger partial charge < -0.3 is 0 Å². The zero-order chi connectivity index (χ0) is 15.2. The first kappa shape index (κ1) is 13.8. The maximum atomic E-state index is 4.65. The lowest BCUT2D eigenvalue weighted by Gasteiger charge is -2.35. The first-order valence-electron chi connectivity index (χ1n) is 7.61. The SMILES string of the molecule is Cc1cc2nccc(C3(C)CCCN3Cc3cscn3)n2n1. The Morgan fingerprint density at radius 3 is 3.09 bits per heavy atom. The summed E-state index contributed by atoms with van der Waals surface area (Å²) in [6, 6.07) is 4.14. The Kier molecular flexibility index (Phi) is 3.23. The molecular weight excluding hydrogens is 294 g/mol. The van der Waals surface area contributed by atoms with Crippen molar-refractivity contribution < 1.29 is 0 Å². The van der Waals surface area contributed by atoms with Crippen LogP contribution in [0.1, 0.15) is 36.8 Å². The quantitative estimate of drug-likeness (QED) is 0.746. The lowest BCUT2D eigenvalue weighted by Crippen LogP contribution is -2.39. The Bertz CT molecular complexity index is 794. The molecule has 0 aliphatic carbocycles. The van der Waals surface area contributed by atoms with Crippen molar-refractivity contribution in [2.24, 2.45) is 0 Å². The number of aryl methyl sites for hydroxylation is 1. The van der Waals surface area contributed by atoms with Crippen LogP contribution >= 0.6 is 11.3 Å². The molecule has 0 N–H and O–H groups in total. The standard InChI is InChI=1S/C16H19N5S/c1-12-8-15-17-6-4-14(21(15)19-12)16(2)5-3-7-20(16)9-13-10-22-11-18-13/h4,6,8,10-11H,3,5,7,9H2,1-2H3. The first-order valence-corrected chi connectivity index (χ1v) is 8.55. The highest BCUT2D eigenvalue weighted by Crippen LogP contribution is 2.39. The third kappa shape index (κ3) is 2.14. The summed E-state index contributed by atoms with van der Waals surface area (Å²) in [4.78, 5) is 11.4. The van der Waals surface area contributed by atoms with E-state index in [2.05, 4.69) is 38.3 Å². The second-order valence-corrected chi connectivity index (χ2v) is 6.88. The number of nitrogens with zero attached hydrogens (tertiary/aromatic N) is 5. The summed E-state index contributed by atoms with van der Waals surface area (Å²) in [5, 5.41) is 6.79. The number of rotatable bonds is 3. The predicted octanol–water partition coefficient (Wildman–Crippen LogP) is 3.01. The lowest BCUT2D eigenvalue weighted by atomic mass is 9.94. The Hall–Kier alpha value is -1.79. The van der Waals surface area contributed by atoms with E-state index in [1.54, 1.807) is 11.3 Å².